The Morgan fingerprint density at radius 1 is 0.909 bits per heavy atom. The maximum atomic E-state index is 2.45. The highest BCUT2D eigenvalue weighted by molar-refractivity contribution is 5.81. The summed E-state index contributed by atoms with van der Waals surface area (Å²) in [5, 5.41) is 1.34. The fourth-order valence-corrected chi connectivity index (χ4v) is 2.88. The number of hydrogen-bond acceptors (Lipinski definition) is 0. The summed E-state index contributed by atoms with van der Waals surface area (Å²) >= 11 is 0. The number of para-hydroxylation sites is 1. The number of rotatable bonds is 5. The Morgan fingerprint density at radius 2 is 1.64 bits per heavy atom. The molecule has 0 aliphatic rings. The minimum absolute atomic E-state index is 0.958. The lowest BCUT2D eigenvalue weighted by Crippen LogP contribution is -2.03. The van der Waals surface area contributed by atoms with Gasteiger partial charge in [-0.05, 0) is 49.8 Å². The first-order valence-corrected chi connectivity index (χ1v) is 7.98. The Hall–Kier alpha value is -2.28. The third-order valence-electron chi connectivity index (χ3n) is 4.09. The van der Waals surface area contributed by atoms with Gasteiger partial charge in [-0.3, -0.25) is 0 Å². The van der Waals surface area contributed by atoms with Crippen molar-refractivity contribution in [2.24, 2.45) is 0 Å². The molecule has 0 bridgehead atoms. The quantitative estimate of drug-likeness (QED) is 0.555. The standard InChI is InChI=1S/C21H23N/c1-17(2)14-15-22-20(13-12-18-8-4-3-5-9-18)16-19-10-6-7-11-21(19)22/h3-11,14,16H,12-13,15H2,1-2H3. The predicted octanol–water partition coefficient (Wildman–Crippen LogP) is 5.39. The summed E-state index contributed by atoms with van der Waals surface area (Å²) in [4.78, 5) is 0. The van der Waals surface area contributed by atoms with Crippen molar-refractivity contribution in [1.29, 1.82) is 0 Å². The van der Waals surface area contributed by atoms with E-state index >= 15 is 0 Å². The molecule has 0 aliphatic carbocycles. The molecule has 3 aromatic rings. The average molecular weight is 289 g/mol. The van der Waals surface area contributed by atoms with Crippen LogP contribution in [0.1, 0.15) is 25.1 Å². The van der Waals surface area contributed by atoms with Crippen molar-refractivity contribution in [3.63, 3.8) is 0 Å². The average Bonchev–Trinajstić information content (AvgIpc) is 2.89. The van der Waals surface area contributed by atoms with Crippen LogP contribution in [0.5, 0.6) is 0 Å². The summed E-state index contributed by atoms with van der Waals surface area (Å²) in [6.07, 6.45) is 4.47. The molecule has 2 aromatic carbocycles. The highest BCUT2D eigenvalue weighted by Gasteiger charge is 2.07. The number of aryl methyl sites for hydroxylation is 2. The normalized spacial score (nSPS) is 10.8. The Kier molecular flexibility index (Phi) is 4.43. The molecule has 0 saturated heterocycles. The van der Waals surface area contributed by atoms with Gasteiger partial charge in [-0.25, -0.2) is 0 Å². The summed E-state index contributed by atoms with van der Waals surface area (Å²) in [6.45, 7) is 5.28. The molecule has 1 heteroatoms. The third-order valence-corrected chi connectivity index (χ3v) is 4.09. The zero-order valence-corrected chi connectivity index (χ0v) is 13.4. The van der Waals surface area contributed by atoms with Crippen LogP contribution in [0, 0.1) is 0 Å². The van der Waals surface area contributed by atoms with Crippen LogP contribution in [-0.2, 0) is 19.4 Å². The molecule has 22 heavy (non-hydrogen) atoms. The molecule has 0 spiro atoms. The second kappa shape index (κ2) is 6.65. The fraction of sp³-hybridized carbons (Fsp3) is 0.238. The number of fused-ring (bicyclic) bond motifs is 1. The first kappa shape index (κ1) is 14.6. The maximum absolute atomic E-state index is 2.45. The van der Waals surface area contributed by atoms with Gasteiger partial charge in [0.05, 0.1) is 0 Å². The van der Waals surface area contributed by atoms with Crippen LogP contribution >= 0.6 is 0 Å². The van der Waals surface area contributed by atoms with E-state index in [9.17, 15) is 0 Å². The van der Waals surface area contributed by atoms with E-state index in [1.165, 1.54) is 27.7 Å². The topological polar surface area (TPSA) is 4.93 Å². The van der Waals surface area contributed by atoms with Crippen molar-refractivity contribution >= 4 is 10.9 Å². The SMILES string of the molecule is CC(C)=CCn1c(CCc2ccccc2)cc2ccccc21. The number of benzene rings is 2. The van der Waals surface area contributed by atoms with E-state index in [4.69, 9.17) is 0 Å². The number of aromatic nitrogens is 1. The molecule has 1 nitrogen and oxygen atoms in total. The molecule has 0 unspecified atom stereocenters. The van der Waals surface area contributed by atoms with Gasteiger partial charge < -0.3 is 4.57 Å². The molecular formula is C21H23N. The summed E-state index contributed by atoms with van der Waals surface area (Å²) in [5.74, 6) is 0. The van der Waals surface area contributed by atoms with Crippen molar-refractivity contribution in [1.82, 2.24) is 4.57 Å². The van der Waals surface area contributed by atoms with Crippen molar-refractivity contribution in [3.8, 4) is 0 Å². The van der Waals surface area contributed by atoms with Crippen molar-refractivity contribution in [2.75, 3.05) is 0 Å². The Labute approximate surface area is 132 Å². The molecule has 1 heterocycles. The van der Waals surface area contributed by atoms with Crippen molar-refractivity contribution < 1.29 is 0 Å². The third kappa shape index (κ3) is 3.30. The molecule has 3 rings (SSSR count). The number of nitrogens with zero attached hydrogens (tertiary/aromatic N) is 1. The lowest BCUT2D eigenvalue weighted by atomic mass is 10.1. The van der Waals surface area contributed by atoms with Crippen molar-refractivity contribution in [3.05, 3.63) is 83.6 Å². The predicted molar refractivity (Wildman–Crippen MR) is 95.2 cm³/mol. The van der Waals surface area contributed by atoms with E-state index in [0.29, 0.717) is 0 Å². The minimum atomic E-state index is 0.958. The van der Waals surface area contributed by atoms with Gasteiger partial charge in [-0.15, -0.1) is 0 Å². The highest BCUT2D eigenvalue weighted by Crippen LogP contribution is 2.21. The highest BCUT2D eigenvalue weighted by atomic mass is 15.0. The summed E-state index contributed by atoms with van der Waals surface area (Å²) < 4.78 is 2.45. The van der Waals surface area contributed by atoms with Crippen LogP contribution in [0.15, 0.2) is 72.3 Å². The number of hydrogen-bond donors (Lipinski definition) is 0. The molecule has 0 amide bonds. The first-order chi connectivity index (χ1) is 10.7. The summed E-state index contributed by atoms with van der Waals surface area (Å²) in [7, 11) is 0. The summed E-state index contributed by atoms with van der Waals surface area (Å²) in [5.41, 5.74) is 5.53. The van der Waals surface area contributed by atoms with Gasteiger partial charge in [0.25, 0.3) is 0 Å². The van der Waals surface area contributed by atoms with E-state index < -0.39 is 0 Å². The molecule has 0 fully saturated rings. The maximum Gasteiger partial charge on any atom is 0.0485 e. The first-order valence-electron chi connectivity index (χ1n) is 7.98. The van der Waals surface area contributed by atoms with E-state index in [2.05, 4.69) is 85.2 Å². The Morgan fingerprint density at radius 3 is 2.41 bits per heavy atom. The minimum Gasteiger partial charge on any atom is -0.341 e. The van der Waals surface area contributed by atoms with Gasteiger partial charge in [-0.1, -0.05) is 60.2 Å². The van der Waals surface area contributed by atoms with Crippen LogP contribution in [0.2, 0.25) is 0 Å². The molecule has 0 saturated carbocycles. The van der Waals surface area contributed by atoms with E-state index in [1.807, 2.05) is 0 Å². The van der Waals surface area contributed by atoms with Crippen LogP contribution in [-0.4, -0.2) is 4.57 Å². The molecule has 112 valence electrons. The van der Waals surface area contributed by atoms with Crippen LogP contribution < -0.4 is 0 Å². The molecule has 0 atom stereocenters. The lowest BCUT2D eigenvalue weighted by Gasteiger charge is -2.09. The van der Waals surface area contributed by atoms with Gasteiger partial charge in [0.15, 0.2) is 0 Å². The zero-order valence-electron chi connectivity index (χ0n) is 13.4. The summed E-state index contributed by atoms with van der Waals surface area (Å²) in [6, 6.07) is 21.8. The monoisotopic (exact) mass is 289 g/mol. The lowest BCUT2D eigenvalue weighted by molar-refractivity contribution is 0.765. The van der Waals surface area contributed by atoms with Crippen LogP contribution in [0.25, 0.3) is 10.9 Å². The number of allylic oxidation sites excluding steroid dienone is 2. The molecular weight excluding hydrogens is 266 g/mol. The second-order valence-corrected chi connectivity index (χ2v) is 6.07. The van der Waals surface area contributed by atoms with Gasteiger partial charge in [0, 0.05) is 17.8 Å². The van der Waals surface area contributed by atoms with Gasteiger partial charge in [0.2, 0.25) is 0 Å². The molecule has 0 N–H and O–H groups in total. The van der Waals surface area contributed by atoms with Gasteiger partial charge in [-0.2, -0.15) is 0 Å². The van der Waals surface area contributed by atoms with Crippen molar-refractivity contribution in [2.45, 2.75) is 33.2 Å². The van der Waals surface area contributed by atoms with E-state index in [1.54, 1.807) is 0 Å². The van der Waals surface area contributed by atoms with E-state index in [-0.39, 0.29) is 0 Å². The largest absolute Gasteiger partial charge is 0.341 e. The van der Waals surface area contributed by atoms with Gasteiger partial charge >= 0.3 is 0 Å². The Balaban J connectivity index is 1.90. The fourth-order valence-electron chi connectivity index (χ4n) is 2.88. The second-order valence-electron chi connectivity index (χ2n) is 6.07. The smallest absolute Gasteiger partial charge is 0.0485 e. The zero-order chi connectivity index (χ0) is 15.4. The Bertz CT molecular complexity index is 774. The van der Waals surface area contributed by atoms with Gasteiger partial charge in [0.1, 0.15) is 0 Å². The van der Waals surface area contributed by atoms with E-state index in [0.717, 1.165) is 19.4 Å². The van der Waals surface area contributed by atoms with Crippen LogP contribution in [0.3, 0.4) is 0 Å². The molecule has 1 aromatic heterocycles. The molecule has 0 radical (unpaired) electrons. The molecule has 0 aliphatic heterocycles. The van der Waals surface area contributed by atoms with Crippen LogP contribution in [0.4, 0.5) is 0 Å².